The Hall–Kier alpha value is -2.57. The van der Waals surface area contributed by atoms with Gasteiger partial charge in [0.2, 0.25) is 0 Å². The van der Waals surface area contributed by atoms with E-state index in [2.05, 4.69) is 68.5 Å². The second-order valence-electron chi connectivity index (χ2n) is 9.10. The maximum absolute atomic E-state index is 5.47. The van der Waals surface area contributed by atoms with E-state index in [0.717, 1.165) is 71.9 Å². The van der Waals surface area contributed by atoms with Crippen LogP contribution in [0.25, 0.3) is 0 Å². The maximum Gasteiger partial charge on any atom is 0.134 e. The summed E-state index contributed by atoms with van der Waals surface area (Å²) in [4.78, 5) is 12.4. The van der Waals surface area contributed by atoms with Gasteiger partial charge in [0.1, 0.15) is 11.5 Å². The molecule has 4 aliphatic heterocycles. The third kappa shape index (κ3) is 3.48. The molecule has 0 radical (unpaired) electrons. The van der Waals surface area contributed by atoms with Crippen molar-refractivity contribution in [3.05, 3.63) is 59.7 Å². The first-order chi connectivity index (χ1) is 15.3. The molecular weight excluding hydrogens is 386 g/mol. The van der Waals surface area contributed by atoms with Gasteiger partial charge in [-0.15, -0.1) is 0 Å². The normalized spacial score (nSPS) is 22.6. The number of rotatable bonds is 3. The fourth-order valence-electron chi connectivity index (χ4n) is 5.57. The molecule has 31 heavy (non-hydrogen) atoms. The molecule has 1 N–H and O–H groups in total. The first kappa shape index (κ1) is 19.1. The van der Waals surface area contributed by atoms with Gasteiger partial charge in [0.25, 0.3) is 0 Å². The van der Waals surface area contributed by atoms with Crippen LogP contribution in [0.3, 0.4) is 0 Å². The molecule has 0 atom stereocenters. The Morgan fingerprint density at radius 3 is 2.48 bits per heavy atom. The number of ether oxygens (including phenoxy) is 1. The fourth-order valence-corrected chi connectivity index (χ4v) is 5.57. The van der Waals surface area contributed by atoms with Gasteiger partial charge < -0.3 is 19.9 Å². The molecule has 6 heteroatoms. The summed E-state index contributed by atoms with van der Waals surface area (Å²) in [6.07, 6.45) is 2.23. The van der Waals surface area contributed by atoms with Gasteiger partial charge in [-0.05, 0) is 29.8 Å². The molecule has 0 saturated carbocycles. The van der Waals surface area contributed by atoms with E-state index in [-0.39, 0.29) is 5.66 Å². The van der Waals surface area contributed by atoms with E-state index in [1.807, 2.05) is 0 Å². The molecule has 0 aromatic heterocycles. The maximum atomic E-state index is 5.47. The van der Waals surface area contributed by atoms with Gasteiger partial charge in [0.05, 0.1) is 19.8 Å². The number of para-hydroxylation sites is 1. The summed E-state index contributed by atoms with van der Waals surface area (Å²) in [7, 11) is 0. The number of benzene rings is 2. The number of anilines is 2. The fraction of sp³-hybridized carbons (Fsp3) is 0.480. The number of aliphatic imine (C=N–C) groups is 1. The van der Waals surface area contributed by atoms with Crippen LogP contribution in [0.2, 0.25) is 0 Å². The second-order valence-corrected chi connectivity index (χ2v) is 9.10. The quantitative estimate of drug-likeness (QED) is 0.832. The predicted octanol–water partition coefficient (Wildman–Crippen LogP) is 3.00. The van der Waals surface area contributed by atoms with E-state index in [9.17, 15) is 0 Å². The molecule has 4 aliphatic rings. The zero-order valence-electron chi connectivity index (χ0n) is 18.1. The molecular formula is C25H31N5O. The summed E-state index contributed by atoms with van der Waals surface area (Å²) in [6, 6.07) is 17.8. The lowest BCUT2D eigenvalue weighted by Crippen LogP contribution is -2.63. The molecule has 0 bridgehead atoms. The van der Waals surface area contributed by atoms with Crippen LogP contribution in [-0.4, -0.2) is 73.8 Å². The minimum atomic E-state index is 0.0143. The zero-order chi connectivity index (χ0) is 20.7. The molecule has 2 fully saturated rings. The number of amidine groups is 1. The molecule has 0 unspecified atom stereocenters. The number of hydrogen-bond acceptors (Lipinski definition) is 6. The van der Waals surface area contributed by atoms with Gasteiger partial charge in [-0.1, -0.05) is 24.3 Å². The smallest absolute Gasteiger partial charge is 0.134 e. The zero-order valence-corrected chi connectivity index (χ0v) is 18.1. The Kier molecular flexibility index (Phi) is 4.84. The van der Waals surface area contributed by atoms with Gasteiger partial charge >= 0.3 is 0 Å². The van der Waals surface area contributed by atoms with Crippen molar-refractivity contribution in [2.75, 3.05) is 62.7 Å². The van der Waals surface area contributed by atoms with Crippen LogP contribution >= 0.6 is 0 Å². The molecule has 2 saturated heterocycles. The molecule has 0 aliphatic carbocycles. The van der Waals surface area contributed by atoms with E-state index in [1.165, 1.54) is 28.3 Å². The number of nitrogens with one attached hydrogen (secondary N) is 1. The number of fused-ring (bicyclic) bond motifs is 4. The molecule has 6 rings (SSSR count). The average Bonchev–Trinajstić information content (AvgIpc) is 3.33. The van der Waals surface area contributed by atoms with Gasteiger partial charge in [0.15, 0.2) is 0 Å². The molecule has 6 nitrogen and oxygen atoms in total. The van der Waals surface area contributed by atoms with Crippen LogP contribution in [-0.2, 0) is 11.3 Å². The summed E-state index contributed by atoms with van der Waals surface area (Å²) in [5.74, 6) is 1.20. The Bertz CT molecular complexity index is 958. The Morgan fingerprint density at radius 2 is 1.68 bits per heavy atom. The average molecular weight is 418 g/mol. The van der Waals surface area contributed by atoms with Crippen LogP contribution in [0.5, 0.6) is 0 Å². The lowest BCUT2D eigenvalue weighted by molar-refractivity contribution is 0.0896. The molecule has 4 heterocycles. The van der Waals surface area contributed by atoms with Crippen molar-refractivity contribution in [3.63, 3.8) is 0 Å². The molecule has 0 amide bonds. The first-order valence-corrected chi connectivity index (χ1v) is 11.6. The Morgan fingerprint density at radius 1 is 0.903 bits per heavy atom. The molecule has 162 valence electrons. The van der Waals surface area contributed by atoms with Crippen LogP contribution < -0.4 is 10.2 Å². The predicted molar refractivity (Wildman–Crippen MR) is 125 cm³/mol. The monoisotopic (exact) mass is 417 g/mol. The van der Waals surface area contributed by atoms with Gasteiger partial charge in [-0.3, -0.25) is 9.89 Å². The highest BCUT2D eigenvalue weighted by Crippen LogP contribution is 2.39. The van der Waals surface area contributed by atoms with Gasteiger partial charge in [-0.25, -0.2) is 0 Å². The standard InChI is InChI=1S/C25H31N5O/c1-2-4-23-22(3-1)24-26-11-14-30(24)25(27-23)9-12-28(13-10-25)19-20-5-7-21(8-6-20)29-15-17-31-18-16-29/h1-8,27H,9-19H2. The SMILES string of the molecule is c1ccc2c(c1)NC1(CCN(Cc3ccc(N4CCOCC4)cc3)CC1)N1CCN=C21. The van der Waals surface area contributed by atoms with Crippen molar-refractivity contribution in [2.24, 2.45) is 4.99 Å². The van der Waals surface area contributed by atoms with Gasteiger partial charge in [0, 0.05) is 69.0 Å². The highest BCUT2D eigenvalue weighted by Gasteiger charge is 2.46. The van der Waals surface area contributed by atoms with Crippen LogP contribution in [0.4, 0.5) is 11.4 Å². The highest BCUT2D eigenvalue weighted by molar-refractivity contribution is 6.06. The Balaban J connectivity index is 1.12. The molecule has 2 aromatic carbocycles. The highest BCUT2D eigenvalue weighted by atomic mass is 16.5. The van der Waals surface area contributed by atoms with E-state index in [0.29, 0.717) is 0 Å². The van der Waals surface area contributed by atoms with Crippen molar-refractivity contribution in [3.8, 4) is 0 Å². The lowest BCUT2D eigenvalue weighted by Gasteiger charge is -2.52. The number of hydrogen-bond donors (Lipinski definition) is 1. The largest absolute Gasteiger partial charge is 0.378 e. The van der Waals surface area contributed by atoms with Crippen molar-refractivity contribution in [2.45, 2.75) is 25.0 Å². The van der Waals surface area contributed by atoms with Crippen LogP contribution in [0, 0.1) is 0 Å². The van der Waals surface area contributed by atoms with Crippen molar-refractivity contribution in [1.82, 2.24) is 9.80 Å². The third-order valence-electron chi connectivity index (χ3n) is 7.29. The Labute approximate surface area is 184 Å². The summed E-state index contributed by atoms with van der Waals surface area (Å²) in [5.41, 5.74) is 5.23. The van der Waals surface area contributed by atoms with Crippen molar-refractivity contribution >= 4 is 17.2 Å². The van der Waals surface area contributed by atoms with E-state index < -0.39 is 0 Å². The number of piperidine rings is 1. The minimum Gasteiger partial charge on any atom is -0.378 e. The summed E-state index contributed by atoms with van der Waals surface area (Å²) < 4.78 is 5.47. The van der Waals surface area contributed by atoms with Gasteiger partial charge in [-0.2, -0.15) is 0 Å². The number of nitrogens with zero attached hydrogens (tertiary/aromatic N) is 4. The van der Waals surface area contributed by atoms with Crippen molar-refractivity contribution in [1.29, 1.82) is 0 Å². The molecule has 2 aromatic rings. The third-order valence-corrected chi connectivity index (χ3v) is 7.29. The second kappa shape index (κ2) is 7.84. The van der Waals surface area contributed by atoms with E-state index >= 15 is 0 Å². The minimum absolute atomic E-state index is 0.0143. The topological polar surface area (TPSA) is 43.3 Å². The number of likely N-dealkylation sites (tertiary alicyclic amines) is 1. The summed E-state index contributed by atoms with van der Waals surface area (Å²) in [5, 5.41) is 3.91. The summed E-state index contributed by atoms with van der Waals surface area (Å²) in [6.45, 7) is 8.81. The summed E-state index contributed by atoms with van der Waals surface area (Å²) >= 11 is 0. The lowest BCUT2D eigenvalue weighted by atomic mass is 9.90. The van der Waals surface area contributed by atoms with E-state index in [4.69, 9.17) is 9.73 Å². The number of morpholine rings is 1. The van der Waals surface area contributed by atoms with Crippen LogP contribution in [0.1, 0.15) is 24.0 Å². The van der Waals surface area contributed by atoms with E-state index in [1.54, 1.807) is 0 Å². The van der Waals surface area contributed by atoms with Crippen LogP contribution in [0.15, 0.2) is 53.5 Å². The van der Waals surface area contributed by atoms with Crippen molar-refractivity contribution < 1.29 is 4.74 Å². The first-order valence-electron chi connectivity index (χ1n) is 11.6. The molecule has 1 spiro atoms.